The van der Waals surface area contributed by atoms with Crippen LogP contribution in [0.15, 0.2) is 24.3 Å². The zero-order valence-corrected chi connectivity index (χ0v) is 12.2. The van der Waals surface area contributed by atoms with Gasteiger partial charge in [0.2, 0.25) is 11.8 Å². The molecule has 1 saturated heterocycles. The van der Waals surface area contributed by atoms with Gasteiger partial charge in [0.1, 0.15) is 17.8 Å². The van der Waals surface area contributed by atoms with Crippen LogP contribution < -0.4 is 10.1 Å². The number of carbonyl (C=O) groups excluding carboxylic acids is 2. The lowest BCUT2D eigenvalue weighted by Gasteiger charge is -2.40. The average molecular weight is 276 g/mol. The maximum absolute atomic E-state index is 12.3. The van der Waals surface area contributed by atoms with Crippen molar-refractivity contribution in [1.29, 1.82) is 0 Å². The van der Waals surface area contributed by atoms with E-state index in [0.29, 0.717) is 0 Å². The zero-order valence-electron chi connectivity index (χ0n) is 12.2. The van der Waals surface area contributed by atoms with Gasteiger partial charge in [0.15, 0.2) is 0 Å². The molecule has 20 heavy (non-hydrogen) atoms. The Bertz CT molecular complexity index is 512. The van der Waals surface area contributed by atoms with Crippen molar-refractivity contribution in [3.63, 3.8) is 0 Å². The minimum absolute atomic E-state index is 0.0552. The Hall–Kier alpha value is -2.04. The molecule has 5 nitrogen and oxygen atoms in total. The van der Waals surface area contributed by atoms with Crippen molar-refractivity contribution in [3.05, 3.63) is 29.8 Å². The van der Waals surface area contributed by atoms with Crippen LogP contribution in [0.5, 0.6) is 5.75 Å². The van der Waals surface area contributed by atoms with Gasteiger partial charge in [-0.15, -0.1) is 0 Å². The number of hydrogen-bond donors (Lipinski definition) is 1. The Kier molecular flexibility index (Phi) is 3.97. The second-order valence-electron chi connectivity index (χ2n) is 5.10. The number of methoxy groups -OCH3 is 1. The Morgan fingerprint density at radius 3 is 2.35 bits per heavy atom. The summed E-state index contributed by atoms with van der Waals surface area (Å²) in [5.74, 6) is 0.600. The second-order valence-corrected chi connectivity index (χ2v) is 5.10. The van der Waals surface area contributed by atoms with Gasteiger partial charge in [-0.25, -0.2) is 0 Å². The summed E-state index contributed by atoms with van der Waals surface area (Å²) in [5, 5.41) is 2.68. The van der Waals surface area contributed by atoms with Crippen LogP contribution in [-0.4, -0.2) is 35.9 Å². The van der Waals surface area contributed by atoms with E-state index in [1.54, 1.807) is 25.9 Å². The predicted molar refractivity (Wildman–Crippen MR) is 75.3 cm³/mol. The van der Waals surface area contributed by atoms with Crippen molar-refractivity contribution in [1.82, 2.24) is 10.2 Å². The van der Waals surface area contributed by atoms with Gasteiger partial charge < -0.3 is 15.0 Å². The molecule has 3 atom stereocenters. The normalized spacial score (nSPS) is 24.3. The molecule has 0 saturated carbocycles. The molecule has 0 bridgehead atoms. The number of carbonyl (C=O) groups is 2. The highest BCUT2D eigenvalue weighted by Crippen LogP contribution is 2.27. The van der Waals surface area contributed by atoms with E-state index in [-0.39, 0.29) is 17.9 Å². The number of piperazine rings is 1. The topological polar surface area (TPSA) is 58.6 Å². The monoisotopic (exact) mass is 276 g/mol. The van der Waals surface area contributed by atoms with Crippen LogP contribution in [0.3, 0.4) is 0 Å². The number of hydrogen-bond acceptors (Lipinski definition) is 3. The second kappa shape index (κ2) is 5.53. The first kappa shape index (κ1) is 14.4. The lowest BCUT2D eigenvalue weighted by molar-refractivity contribution is -0.150. The molecule has 1 fully saturated rings. The fraction of sp³-hybridized carbons (Fsp3) is 0.467. The highest BCUT2D eigenvalue weighted by Gasteiger charge is 2.38. The summed E-state index contributed by atoms with van der Waals surface area (Å²) >= 11 is 0. The molecular formula is C15H20N2O3. The molecule has 3 unspecified atom stereocenters. The fourth-order valence-electron chi connectivity index (χ4n) is 2.51. The van der Waals surface area contributed by atoms with Gasteiger partial charge in [-0.05, 0) is 38.5 Å². The lowest BCUT2D eigenvalue weighted by atomic mass is 10.0. The van der Waals surface area contributed by atoms with Gasteiger partial charge in [-0.1, -0.05) is 12.1 Å². The molecule has 5 heteroatoms. The molecule has 1 aromatic rings. The molecule has 1 heterocycles. The number of rotatable bonds is 3. The molecule has 0 aromatic heterocycles. The summed E-state index contributed by atoms with van der Waals surface area (Å²) in [6.07, 6.45) is 0. The van der Waals surface area contributed by atoms with Crippen LogP contribution in [0.2, 0.25) is 0 Å². The van der Waals surface area contributed by atoms with E-state index in [2.05, 4.69) is 5.32 Å². The third kappa shape index (κ3) is 2.48. The lowest BCUT2D eigenvalue weighted by Crippen LogP contribution is -2.61. The molecule has 1 aromatic carbocycles. The van der Waals surface area contributed by atoms with Crippen molar-refractivity contribution < 1.29 is 14.3 Å². The minimum atomic E-state index is -0.473. The summed E-state index contributed by atoms with van der Waals surface area (Å²) in [4.78, 5) is 25.8. The molecule has 0 radical (unpaired) electrons. The number of benzene rings is 1. The first-order valence-corrected chi connectivity index (χ1v) is 6.72. The largest absolute Gasteiger partial charge is 0.497 e. The van der Waals surface area contributed by atoms with Crippen molar-refractivity contribution in [2.75, 3.05) is 7.11 Å². The SMILES string of the molecule is COc1ccc(C(C)N2C(=O)C(C)NC(=O)C2C)cc1. The van der Waals surface area contributed by atoms with Crippen molar-refractivity contribution >= 4 is 11.8 Å². The molecule has 2 amide bonds. The fourth-order valence-corrected chi connectivity index (χ4v) is 2.51. The maximum atomic E-state index is 12.3. The Morgan fingerprint density at radius 2 is 1.80 bits per heavy atom. The van der Waals surface area contributed by atoms with E-state index in [1.807, 2.05) is 31.2 Å². The van der Waals surface area contributed by atoms with Crippen molar-refractivity contribution in [3.8, 4) is 5.75 Å². The highest BCUT2D eigenvalue weighted by molar-refractivity contribution is 5.96. The van der Waals surface area contributed by atoms with Crippen molar-refractivity contribution in [2.24, 2.45) is 0 Å². The molecule has 1 aliphatic heterocycles. The molecular weight excluding hydrogens is 256 g/mol. The van der Waals surface area contributed by atoms with Crippen LogP contribution in [0, 0.1) is 0 Å². The maximum Gasteiger partial charge on any atom is 0.246 e. The zero-order chi connectivity index (χ0) is 14.9. The van der Waals surface area contributed by atoms with E-state index in [4.69, 9.17) is 4.74 Å². The van der Waals surface area contributed by atoms with Gasteiger partial charge in [0.25, 0.3) is 0 Å². The number of nitrogens with one attached hydrogen (secondary N) is 1. The smallest absolute Gasteiger partial charge is 0.246 e. The molecule has 1 aliphatic rings. The molecule has 1 N–H and O–H groups in total. The average Bonchev–Trinajstić information content (AvgIpc) is 2.45. The third-order valence-electron chi connectivity index (χ3n) is 3.80. The van der Waals surface area contributed by atoms with Crippen LogP contribution in [0.1, 0.15) is 32.4 Å². The van der Waals surface area contributed by atoms with Gasteiger partial charge in [0.05, 0.1) is 13.2 Å². The van der Waals surface area contributed by atoms with Crippen LogP contribution in [-0.2, 0) is 9.59 Å². The van der Waals surface area contributed by atoms with Gasteiger partial charge in [-0.2, -0.15) is 0 Å². The standard InChI is InChI=1S/C15H20N2O3/c1-9-15(19)17(11(3)14(18)16-9)10(2)12-5-7-13(20-4)8-6-12/h5-11H,1-4H3,(H,16,18). The third-order valence-corrected chi connectivity index (χ3v) is 3.80. The molecule has 108 valence electrons. The minimum Gasteiger partial charge on any atom is -0.497 e. The van der Waals surface area contributed by atoms with E-state index < -0.39 is 12.1 Å². The summed E-state index contributed by atoms with van der Waals surface area (Å²) < 4.78 is 5.13. The summed E-state index contributed by atoms with van der Waals surface area (Å²) in [6.45, 7) is 5.39. The van der Waals surface area contributed by atoms with E-state index in [0.717, 1.165) is 11.3 Å². The van der Waals surface area contributed by atoms with Crippen molar-refractivity contribution in [2.45, 2.75) is 38.9 Å². The summed E-state index contributed by atoms with van der Waals surface area (Å²) in [6, 6.07) is 6.46. The van der Waals surface area contributed by atoms with Gasteiger partial charge >= 0.3 is 0 Å². The van der Waals surface area contributed by atoms with Crippen LogP contribution in [0.4, 0.5) is 0 Å². The summed E-state index contributed by atoms with van der Waals surface area (Å²) in [7, 11) is 1.61. The number of nitrogens with zero attached hydrogens (tertiary/aromatic N) is 1. The summed E-state index contributed by atoms with van der Waals surface area (Å²) in [5.41, 5.74) is 0.980. The quantitative estimate of drug-likeness (QED) is 0.910. The van der Waals surface area contributed by atoms with Crippen LogP contribution >= 0.6 is 0 Å². The number of amides is 2. The van der Waals surface area contributed by atoms with Gasteiger partial charge in [0, 0.05) is 0 Å². The Balaban J connectivity index is 2.27. The van der Waals surface area contributed by atoms with E-state index in [9.17, 15) is 9.59 Å². The predicted octanol–water partition coefficient (Wildman–Crippen LogP) is 1.49. The molecule has 0 spiro atoms. The van der Waals surface area contributed by atoms with E-state index >= 15 is 0 Å². The Morgan fingerprint density at radius 1 is 1.20 bits per heavy atom. The van der Waals surface area contributed by atoms with E-state index in [1.165, 1.54) is 0 Å². The first-order chi connectivity index (χ1) is 9.45. The van der Waals surface area contributed by atoms with Gasteiger partial charge in [-0.3, -0.25) is 9.59 Å². The highest BCUT2D eigenvalue weighted by atomic mass is 16.5. The molecule has 0 aliphatic carbocycles. The first-order valence-electron chi connectivity index (χ1n) is 6.72. The Labute approximate surface area is 118 Å². The molecule has 2 rings (SSSR count). The number of ether oxygens (including phenoxy) is 1. The van der Waals surface area contributed by atoms with Crippen LogP contribution in [0.25, 0.3) is 0 Å².